The summed E-state index contributed by atoms with van der Waals surface area (Å²) < 4.78 is 6.47. The molecule has 0 spiro atoms. The van der Waals surface area contributed by atoms with Gasteiger partial charge in [0, 0.05) is 31.6 Å². The number of hydrogen-bond acceptors (Lipinski definition) is 8. The lowest BCUT2D eigenvalue weighted by Crippen LogP contribution is -2.62. The number of nitrogens with zero attached hydrogens (tertiary/aromatic N) is 5. The van der Waals surface area contributed by atoms with E-state index in [-0.39, 0.29) is 30.3 Å². The van der Waals surface area contributed by atoms with Crippen molar-refractivity contribution in [3.63, 3.8) is 0 Å². The third-order valence-electron chi connectivity index (χ3n) is 8.80. The monoisotopic (exact) mass is 618 g/mol. The van der Waals surface area contributed by atoms with Gasteiger partial charge >= 0.3 is 0 Å². The smallest absolute Gasteiger partial charge is 0.288 e. The van der Waals surface area contributed by atoms with Gasteiger partial charge in [-0.05, 0) is 91.1 Å². The van der Waals surface area contributed by atoms with Gasteiger partial charge in [-0.2, -0.15) is 0 Å². The van der Waals surface area contributed by atoms with Crippen LogP contribution in [0.5, 0.6) is 0 Å². The second-order valence-corrected chi connectivity index (χ2v) is 13.3. The Labute approximate surface area is 268 Å². The second kappa shape index (κ2) is 15.0. The first-order valence-electron chi connectivity index (χ1n) is 16.0. The Hall–Kier alpha value is -3.76. The Bertz CT molecular complexity index is 1340. The van der Waals surface area contributed by atoms with Gasteiger partial charge in [0.15, 0.2) is 11.9 Å². The number of benzene rings is 2. The van der Waals surface area contributed by atoms with Crippen molar-refractivity contribution in [3.8, 4) is 0 Å². The van der Waals surface area contributed by atoms with E-state index in [0.717, 1.165) is 36.9 Å². The summed E-state index contributed by atoms with van der Waals surface area (Å²) in [6, 6.07) is 16.7. The van der Waals surface area contributed by atoms with Crippen molar-refractivity contribution in [1.29, 1.82) is 0 Å². The van der Waals surface area contributed by atoms with Gasteiger partial charge in [0.25, 0.3) is 6.02 Å². The second-order valence-electron chi connectivity index (χ2n) is 13.3. The molecule has 2 aromatic carbocycles. The molecule has 2 N–H and O–H groups in total. The van der Waals surface area contributed by atoms with Crippen molar-refractivity contribution in [2.75, 3.05) is 54.4 Å². The largest absolute Gasteiger partial charge is 0.454 e. The molecule has 0 aliphatic carbocycles. The van der Waals surface area contributed by atoms with E-state index in [9.17, 15) is 14.4 Å². The van der Waals surface area contributed by atoms with E-state index in [2.05, 4.69) is 32.8 Å². The molecule has 10 heteroatoms. The third kappa shape index (κ3) is 8.70. The number of aryl methyl sites for hydroxylation is 1. The van der Waals surface area contributed by atoms with Gasteiger partial charge < -0.3 is 25.2 Å². The summed E-state index contributed by atoms with van der Waals surface area (Å²) in [7, 11) is 7.98. The third-order valence-corrected chi connectivity index (χ3v) is 8.80. The highest BCUT2D eigenvalue weighted by atomic mass is 16.5. The molecule has 0 aromatic heterocycles. The fourth-order valence-corrected chi connectivity index (χ4v) is 6.16. The number of primary amides is 1. The van der Waals surface area contributed by atoms with Crippen LogP contribution in [0.1, 0.15) is 67.1 Å². The topological polar surface area (TPSA) is 112 Å². The van der Waals surface area contributed by atoms with Gasteiger partial charge in [-0.1, -0.05) is 48.9 Å². The zero-order valence-electron chi connectivity index (χ0n) is 27.7. The molecule has 1 unspecified atom stereocenters. The maximum absolute atomic E-state index is 14.1. The molecule has 4 rings (SSSR count). The number of nitrogens with two attached hydrogens (primary N) is 1. The molecular weight excluding hydrogens is 568 g/mol. The molecule has 10 nitrogen and oxygen atoms in total. The van der Waals surface area contributed by atoms with Crippen LogP contribution in [0, 0.1) is 0 Å². The summed E-state index contributed by atoms with van der Waals surface area (Å²) >= 11 is 0. The molecule has 2 heterocycles. The number of ether oxygens (including phenoxy) is 1. The number of Topliss-reactive ketones (excluding diaryl/α,β-unsaturated/α-hetero) is 1. The van der Waals surface area contributed by atoms with E-state index < -0.39 is 17.5 Å². The number of carbonyl (C=O) groups is 3. The van der Waals surface area contributed by atoms with E-state index in [4.69, 9.17) is 15.5 Å². The van der Waals surface area contributed by atoms with Crippen molar-refractivity contribution in [2.45, 2.75) is 69.7 Å². The molecule has 2 aliphatic heterocycles. The minimum absolute atomic E-state index is 0.00499. The molecule has 45 heavy (non-hydrogen) atoms. The first-order valence-corrected chi connectivity index (χ1v) is 16.0. The fourth-order valence-electron chi connectivity index (χ4n) is 6.16. The van der Waals surface area contributed by atoms with E-state index in [0.29, 0.717) is 37.6 Å². The maximum Gasteiger partial charge on any atom is 0.288 e. The van der Waals surface area contributed by atoms with Crippen LogP contribution in [-0.2, 0) is 20.7 Å². The average Bonchev–Trinajstić information content (AvgIpc) is 3.34. The van der Waals surface area contributed by atoms with Gasteiger partial charge in [0.2, 0.25) is 11.8 Å². The van der Waals surface area contributed by atoms with Crippen LogP contribution in [-0.4, -0.2) is 115 Å². The summed E-state index contributed by atoms with van der Waals surface area (Å²) in [5, 5.41) is 0. The van der Waals surface area contributed by atoms with Gasteiger partial charge in [0.1, 0.15) is 11.6 Å². The highest BCUT2D eigenvalue weighted by Gasteiger charge is 2.44. The number of carbonyl (C=O) groups excluding carboxylic acids is 3. The lowest BCUT2D eigenvalue weighted by Gasteiger charge is -2.43. The van der Waals surface area contributed by atoms with Crippen molar-refractivity contribution in [1.82, 2.24) is 19.6 Å². The van der Waals surface area contributed by atoms with E-state index in [1.165, 1.54) is 0 Å². The molecular formula is C35H50N6O4. The molecule has 0 bridgehead atoms. The number of aliphatic imine (C=N–C) groups is 1. The minimum Gasteiger partial charge on any atom is -0.454 e. The molecule has 2 aromatic rings. The van der Waals surface area contributed by atoms with E-state index in [1.807, 2.05) is 66.4 Å². The number of ketones is 1. The lowest BCUT2D eigenvalue weighted by molar-refractivity contribution is -0.146. The van der Waals surface area contributed by atoms with Gasteiger partial charge in [0.05, 0.1) is 6.04 Å². The molecule has 244 valence electrons. The molecule has 1 fully saturated rings. The number of likely N-dealkylation sites (N-methyl/N-ethyl adjacent to an activating group) is 1. The molecule has 3 atom stereocenters. The number of amides is 2. The van der Waals surface area contributed by atoms with Crippen LogP contribution in [0.25, 0.3) is 0 Å². The first kappa shape index (κ1) is 34.1. The van der Waals surface area contributed by atoms with Crippen molar-refractivity contribution < 1.29 is 19.1 Å². The van der Waals surface area contributed by atoms with Crippen molar-refractivity contribution >= 4 is 23.6 Å². The Kier molecular flexibility index (Phi) is 11.4. The molecule has 0 saturated carbocycles. The Morgan fingerprint density at radius 1 is 1.00 bits per heavy atom. The quantitative estimate of drug-likeness (QED) is 0.343. The van der Waals surface area contributed by atoms with Crippen LogP contribution >= 0.6 is 0 Å². The maximum atomic E-state index is 14.1. The Morgan fingerprint density at radius 3 is 2.31 bits per heavy atom. The Morgan fingerprint density at radius 2 is 1.69 bits per heavy atom. The Balaban J connectivity index is 1.52. The van der Waals surface area contributed by atoms with Crippen LogP contribution < -0.4 is 5.73 Å². The molecule has 2 aliphatic rings. The standard InChI is InChI=1S/C35H50N6O4/c1-35(2)31(26-12-8-7-9-13-26)45-34(37-35)40-22-23-41(33(44)28(39(5)6)14-10-11-21-38(3)4)29(24-40)30(42)20-17-25-15-18-27(19-16-25)32(36)43/h7-9,12-13,15-16,18-19,28-29,31H,10-11,14,17,20-24H2,1-6H3,(H2,36,43)/t28-,29+,31?/m1/s1. The predicted molar refractivity (Wildman–Crippen MR) is 177 cm³/mol. The molecule has 0 radical (unpaired) electrons. The van der Waals surface area contributed by atoms with E-state index >= 15 is 0 Å². The number of amidine groups is 1. The van der Waals surface area contributed by atoms with Gasteiger partial charge in [-0.3, -0.25) is 19.3 Å². The average molecular weight is 619 g/mol. The summed E-state index contributed by atoms with van der Waals surface area (Å²) in [6.45, 7) is 6.34. The SMILES string of the molecule is CN(C)CCCC[C@H](C(=O)N1CCN(C2=NC(C)(C)C(c3ccccc3)O2)C[C@H]1C(=O)CCc1ccc(C(N)=O)cc1)N(C)C. The number of unbranched alkanes of at least 4 members (excludes halogenated alkanes) is 1. The molecule has 2 amide bonds. The first-order chi connectivity index (χ1) is 21.4. The summed E-state index contributed by atoms with van der Waals surface area (Å²) in [5.41, 5.74) is 7.31. The highest BCUT2D eigenvalue weighted by Crippen LogP contribution is 2.38. The fraction of sp³-hybridized carbons (Fsp3) is 0.543. The predicted octanol–water partition coefficient (Wildman–Crippen LogP) is 3.37. The normalized spacial score (nSPS) is 20.2. The zero-order valence-corrected chi connectivity index (χ0v) is 27.7. The molecule has 1 saturated heterocycles. The van der Waals surface area contributed by atoms with Crippen LogP contribution in [0.15, 0.2) is 59.6 Å². The van der Waals surface area contributed by atoms with Crippen molar-refractivity contribution in [3.05, 3.63) is 71.3 Å². The number of hydrogen-bond donors (Lipinski definition) is 1. The van der Waals surface area contributed by atoms with Crippen LogP contribution in [0.4, 0.5) is 0 Å². The van der Waals surface area contributed by atoms with Crippen LogP contribution in [0.3, 0.4) is 0 Å². The van der Waals surface area contributed by atoms with Gasteiger partial charge in [-0.25, -0.2) is 4.99 Å². The highest BCUT2D eigenvalue weighted by molar-refractivity contribution is 5.93. The van der Waals surface area contributed by atoms with Crippen LogP contribution in [0.2, 0.25) is 0 Å². The van der Waals surface area contributed by atoms with E-state index in [1.54, 1.807) is 17.0 Å². The number of piperazine rings is 1. The summed E-state index contributed by atoms with van der Waals surface area (Å²) in [4.78, 5) is 52.5. The minimum atomic E-state index is -0.634. The van der Waals surface area contributed by atoms with Gasteiger partial charge in [-0.15, -0.1) is 0 Å². The van der Waals surface area contributed by atoms with Crippen molar-refractivity contribution in [2.24, 2.45) is 10.7 Å². The zero-order chi connectivity index (χ0) is 32.7. The summed E-state index contributed by atoms with van der Waals surface area (Å²) in [5.74, 6) is -0.499. The number of rotatable bonds is 13. The lowest BCUT2D eigenvalue weighted by atomic mass is 9.93. The summed E-state index contributed by atoms with van der Waals surface area (Å²) in [6.07, 6.45) is 3.18.